The number of Topliss-reactive ketones (excluding diaryl/α,β-unsaturated/α-hetero) is 1. The van der Waals surface area contributed by atoms with Gasteiger partial charge in [-0.1, -0.05) is 38.1 Å². The van der Waals surface area contributed by atoms with Crippen molar-refractivity contribution in [3.63, 3.8) is 0 Å². The molecule has 3 aromatic carbocycles. The molecule has 10 heteroatoms. The van der Waals surface area contributed by atoms with E-state index in [4.69, 9.17) is 9.47 Å². The third-order valence-corrected chi connectivity index (χ3v) is 6.51. The number of anilines is 1. The number of nitrogens with one attached hydrogen (secondary N) is 1. The number of methoxy groups -OCH3 is 1. The van der Waals surface area contributed by atoms with Gasteiger partial charge >= 0.3 is 11.9 Å². The predicted octanol–water partition coefficient (Wildman–Crippen LogP) is 4.93. The molecule has 0 aliphatic carbocycles. The number of carboxylic acids is 1. The average Bonchev–Trinajstić information content (AvgIpc) is 3.49. The maximum absolute atomic E-state index is 13.5. The molecule has 1 amide bonds. The maximum atomic E-state index is 13.5. The van der Waals surface area contributed by atoms with Crippen molar-refractivity contribution in [3.05, 3.63) is 89.0 Å². The molecule has 1 aliphatic rings. The molecule has 5 rings (SSSR count). The fraction of sp³-hybridized carbons (Fsp3) is 0.200. The SMILES string of the molecule is COc1ccc(C2/C(=C(\O)c3cccc(OCC(C)C)c3)C(=O)C(=O)N2c2nc3ccc(C(=O)O)cc3[nH]2)cc1. The molecule has 1 fully saturated rings. The lowest BCUT2D eigenvalue weighted by molar-refractivity contribution is -0.132. The molecule has 0 saturated carbocycles. The van der Waals surface area contributed by atoms with Gasteiger partial charge in [0.2, 0.25) is 5.95 Å². The van der Waals surface area contributed by atoms with Crippen LogP contribution < -0.4 is 14.4 Å². The van der Waals surface area contributed by atoms with Crippen molar-refractivity contribution in [1.82, 2.24) is 9.97 Å². The first-order chi connectivity index (χ1) is 19.2. The standard InChI is InChI=1S/C30H27N3O7/c1-16(2)15-40-21-6-4-5-18(13-21)26(34)24-25(17-7-10-20(39-3)11-8-17)33(28(36)27(24)35)30-31-22-12-9-19(29(37)38)14-23(22)32-30/h4-14,16,25,34H,15H2,1-3H3,(H,31,32)(H,37,38)/b26-24+. The Morgan fingerprint density at radius 2 is 1.75 bits per heavy atom. The van der Waals surface area contributed by atoms with E-state index in [1.807, 2.05) is 13.8 Å². The highest BCUT2D eigenvalue weighted by Gasteiger charge is 2.48. The Labute approximate surface area is 229 Å². The number of aromatic nitrogens is 2. The number of rotatable bonds is 8. The van der Waals surface area contributed by atoms with Crippen molar-refractivity contribution in [2.45, 2.75) is 19.9 Å². The number of benzene rings is 3. The van der Waals surface area contributed by atoms with Gasteiger partial charge in [0, 0.05) is 5.56 Å². The molecule has 1 atom stereocenters. The first-order valence-electron chi connectivity index (χ1n) is 12.6. The molecule has 1 saturated heterocycles. The van der Waals surface area contributed by atoms with Crippen LogP contribution in [0.15, 0.2) is 72.3 Å². The van der Waals surface area contributed by atoms with E-state index in [9.17, 15) is 24.6 Å². The largest absolute Gasteiger partial charge is 0.507 e. The Hall–Kier alpha value is -5.12. The summed E-state index contributed by atoms with van der Waals surface area (Å²) < 4.78 is 11.1. The van der Waals surface area contributed by atoms with E-state index in [0.29, 0.717) is 40.3 Å². The molecule has 3 N–H and O–H groups in total. The normalized spacial score (nSPS) is 16.6. The fourth-order valence-electron chi connectivity index (χ4n) is 4.55. The molecule has 1 aromatic heterocycles. The predicted molar refractivity (Wildman–Crippen MR) is 148 cm³/mol. The lowest BCUT2D eigenvalue weighted by atomic mass is 9.95. The number of imidazole rings is 1. The second-order valence-electron chi connectivity index (χ2n) is 9.77. The highest BCUT2D eigenvalue weighted by atomic mass is 16.5. The van der Waals surface area contributed by atoms with Gasteiger partial charge < -0.3 is 24.7 Å². The maximum Gasteiger partial charge on any atom is 0.335 e. The van der Waals surface area contributed by atoms with Gasteiger partial charge in [0.1, 0.15) is 17.3 Å². The summed E-state index contributed by atoms with van der Waals surface area (Å²) in [5, 5.41) is 20.8. The van der Waals surface area contributed by atoms with Crippen LogP contribution in [0, 0.1) is 5.92 Å². The van der Waals surface area contributed by atoms with Crippen molar-refractivity contribution in [1.29, 1.82) is 0 Å². The highest BCUT2D eigenvalue weighted by Crippen LogP contribution is 2.42. The fourth-order valence-corrected chi connectivity index (χ4v) is 4.55. The second kappa shape index (κ2) is 10.6. The van der Waals surface area contributed by atoms with Gasteiger partial charge in [-0.15, -0.1) is 0 Å². The van der Waals surface area contributed by atoms with E-state index in [-0.39, 0.29) is 28.8 Å². The van der Waals surface area contributed by atoms with E-state index in [0.717, 1.165) is 0 Å². The number of fused-ring (bicyclic) bond motifs is 1. The lowest BCUT2D eigenvalue weighted by Gasteiger charge is -2.23. The van der Waals surface area contributed by atoms with Gasteiger partial charge in [-0.25, -0.2) is 9.78 Å². The summed E-state index contributed by atoms with van der Waals surface area (Å²) in [7, 11) is 1.52. The van der Waals surface area contributed by atoms with Crippen molar-refractivity contribution in [2.24, 2.45) is 5.92 Å². The minimum Gasteiger partial charge on any atom is -0.507 e. The summed E-state index contributed by atoms with van der Waals surface area (Å²) in [6.45, 7) is 4.50. The minimum absolute atomic E-state index is 0.0357. The van der Waals surface area contributed by atoms with Crippen LogP contribution in [0.5, 0.6) is 11.5 Å². The number of aliphatic hydroxyl groups is 1. The van der Waals surface area contributed by atoms with E-state index < -0.39 is 23.7 Å². The molecule has 2 heterocycles. The number of ether oxygens (including phenoxy) is 2. The first kappa shape index (κ1) is 26.5. The van der Waals surface area contributed by atoms with Crippen molar-refractivity contribution in [2.75, 3.05) is 18.6 Å². The topological polar surface area (TPSA) is 142 Å². The van der Waals surface area contributed by atoms with Crippen LogP contribution in [-0.2, 0) is 9.59 Å². The Bertz CT molecular complexity index is 1650. The van der Waals surface area contributed by atoms with Crippen LogP contribution in [0.3, 0.4) is 0 Å². The number of H-pyrrole nitrogens is 1. The van der Waals surface area contributed by atoms with Gasteiger partial charge in [-0.3, -0.25) is 14.5 Å². The minimum atomic E-state index is -1.11. The quantitative estimate of drug-likeness (QED) is 0.162. The highest BCUT2D eigenvalue weighted by molar-refractivity contribution is 6.51. The number of carbonyl (C=O) groups excluding carboxylic acids is 2. The molecular formula is C30H27N3O7. The molecule has 204 valence electrons. The molecular weight excluding hydrogens is 514 g/mol. The van der Waals surface area contributed by atoms with E-state index >= 15 is 0 Å². The third kappa shape index (κ3) is 4.86. The number of amides is 1. The average molecular weight is 542 g/mol. The van der Waals surface area contributed by atoms with Gasteiger partial charge in [-0.05, 0) is 53.9 Å². The van der Waals surface area contributed by atoms with Crippen LogP contribution in [-0.4, -0.2) is 51.6 Å². The van der Waals surface area contributed by atoms with Gasteiger partial charge in [-0.2, -0.15) is 0 Å². The molecule has 1 aliphatic heterocycles. The summed E-state index contributed by atoms with van der Waals surface area (Å²) >= 11 is 0. The second-order valence-corrected chi connectivity index (χ2v) is 9.77. The smallest absolute Gasteiger partial charge is 0.335 e. The van der Waals surface area contributed by atoms with Crippen LogP contribution in [0.25, 0.3) is 16.8 Å². The summed E-state index contributed by atoms with van der Waals surface area (Å²) in [6.07, 6.45) is 0. The van der Waals surface area contributed by atoms with E-state index in [1.54, 1.807) is 48.5 Å². The number of aliphatic hydroxyl groups excluding tert-OH is 1. The van der Waals surface area contributed by atoms with Crippen molar-refractivity contribution >= 4 is 40.4 Å². The van der Waals surface area contributed by atoms with Crippen molar-refractivity contribution in [3.8, 4) is 11.5 Å². The zero-order valence-electron chi connectivity index (χ0n) is 22.0. The van der Waals surface area contributed by atoms with Crippen molar-refractivity contribution < 1.29 is 34.1 Å². The van der Waals surface area contributed by atoms with Gasteiger partial charge in [0.25, 0.3) is 5.78 Å². The third-order valence-electron chi connectivity index (χ3n) is 6.51. The number of hydrogen-bond donors (Lipinski definition) is 3. The number of hydrogen-bond acceptors (Lipinski definition) is 7. The Morgan fingerprint density at radius 1 is 1.00 bits per heavy atom. The Morgan fingerprint density at radius 3 is 2.42 bits per heavy atom. The zero-order chi connectivity index (χ0) is 28.6. The first-order valence-corrected chi connectivity index (χ1v) is 12.6. The van der Waals surface area contributed by atoms with Crippen LogP contribution >= 0.6 is 0 Å². The lowest BCUT2D eigenvalue weighted by Crippen LogP contribution is -2.30. The summed E-state index contributed by atoms with van der Waals surface area (Å²) in [5.74, 6) is -1.86. The zero-order valence-corrected chi connectivity index (χ0v) is 22.0. The molecule has 40 heavy (non-hydrogen) atoms. The Balaban J connectivity index is 1.66. The van der Waals surface area contributed by atoms with E-state index in [2.05, 4.69) is 9.97 Å². The molecule has 0 bridgehead atoms. The van der Waals surface area contributed by atoms with Crippen LogP contribution in [0.4, 0.5) is 5.95 Å². The number of nitrogens with zero attached hydrogens (tertiary/aromatic N) is 2. The molecule has 0 spiro atoms. The molecule has 0 radical (unpaired) electrons. The number of aromatic amines is 1. The summed E-state index contributed by atoms with van der Waals surface area (Å²) in [4.78, 5) is 47.0. The molecule has 4 aromatic rings. The molecule has 10 nitrogen and oxygen atoms in total. The van der Waals surface area contributed by atoms with Gasteiger partial charge in [0.15, 0.2) is 0 Å². The van der Waals surface area contributed by atoms with E-state index in [1.165, 1.54) is 30.2 Å². The Kier molecular flexibility index (Phi) is 7.00. The molecule has 1 unspecified atom stereocenters. The van der Waals surface area contributed by atoms with Crippen LogP contribution in [0.1, 0.15) is 41.4 Å². The van der Waals surface area contributed by atoms with Crippen LogP contribution in [0.2, 0.25) is 0 Å². The summed E-state index contributed by atoms with van der Waals surface area (Å²) in [5.41, 5.74) is 1.54. The number of carbonyl (C=O) groups is 3. The summed E-state index contributed by atoms with van der Waals surface area (Å²) in [6, 6.07) is 16.7. The number of ketones is 1. The number of aromatic carboxylic acids is 1. The van der Waals surface area contributed by atoms with Gasteiger partial charge in [0.05, 0.1) is 41.9 Å². The monoisotopic (exact) mass is 541 g/mol. The number of carboxylic acid groups (broad SMARTS) is 1.